The summed E-state index contributed by atoms with van der Waals surface area (Å²) in [6, 6.07) is 19.6. The van der Waals surface area contributed by atoms with Gasteiger partial charge in [0.05, 0.1) is 38.0 Å². The number of carbonyl (C=O) groups is 1. The molecule has 0 aromatic heterocycles. The number of rotatable bonds is 7. The van der Waals surface area contributed by atoms with Crippen LogP contribution >= 0.6 is 0 Å². The van der Waals surface area contributed by atoms with Crippen LogP contribution in [0.5, 0.6) is 0 Å². The van der Waals surface area contributed by atoms with Gasteiger partial charge in [-0.05, 0) is 11.1 Å². The molecule has 1 saturated heterocycles. The Bertz CT molecular complexity index is 664. The van der Waals surface area contributed by atoms with E-state index in [0.29, 0.717) is 13.2 Å². The molecule has 1 heterocycles. The summed E-state index contributed by atoms with van der Waals surface area (Å²) in [5.74, 6) is -1.21. The van der Waals surface area contributed by atoms with E-state index in [-0.39, 0.29) is 54.8 Å². The molecule has 3 atom stereocenters. The summed E-state index contributed by atoms with van der Waals surface area (Å²) in [6.45, 7) is 0.997. The average Bonchev–Trinajstić information content (AvgIpc) is 2.66. The molecule has 132 valence electrons. The third-order valence-corrected chi connectivity index (χ3v) is 4.20. The molecule has 3 unspecified atom stereocenters. The molecule has 6 heteroatoms. The summed E-state index contributed by atoms with van der Waals surface area (Å²) in [5, 5.41) is 11.1. The predicted molar refractivity (Wildman–Crippen MR) is 89.4 cm³/mol. The third-order valence-electron chi connectivity index (χ3n) is 4.20. The molecule has 0 aliphatic carbocycles. The zero-order valence-corrected chi connectivity index (χ0v) is 16.9. The smallest absolute Gasteiger partial charge is 0.547 e. The Hall–Kier alpha value is -1.21. The minimum absolute atomic E-state index is 0. The van der Waals surface area contributed by atoms with Crippen molar-refractivity contribution >= 4 is 5.97 Å². The van der Waals surface area contributed by atoms with Crippen molar-refractivity contribution in [2.75, 3.05) is 6.61 Å². The second-order valence-corrected chi connectivity index (χ2v) is 6.05. The van der Waals surface area contributed by atoms with Crippen LogP contribution in [0.25, 0.3) is 0 Å². The molecule has 0 saturated carbocycles. The van der Waals surface area contributed by atoms with Crippen molar-refractivity contribution in [2.24, 2.45) is 0 Å². The van der Waals surface area contributed by atoms with Crippen LogP contribution in [0.3, 0.4) is 0 Å². The third kappa shape index (κ3) is 6.20. The SMILES string of the molecule is O=C([O-])C1CC(OCc2ccccc2)C(OCc2ccccc2)CO1.[Na+]. The number of carbonyl (C=O) groups excluding carboxylic acids is 1. The Balaban J connectivity index is 0.00000243. The zero-order chi connectivity index (χ0) is 17.5. The Labute approximate surface area is 175 Å². The van der Waals surface area contributed by atoms with E-state index in [1.165, 1.54) is 0 Å². The summed E-state index contributed by atoms with van der Waals surface area (Å²) in [5.41, 5.74) is 2.08. The fraction of sp³-hybridized carbons (Fsp3) is 0.350. The number of ether oxygens (including phenoxy) is 3. The molecule has 0 radical (unpaired) electrons. The van der Waals surface area contributed by atoms with Crippen LogP contribution in [0.15, 0.2) is 60.7 Å². The molecule has 26 heavy (non-hydrogen) atoms. The summed E-state index contributed by atoms with van der Waals surface area (Å²) in [7, 11) is 0. The first-order chi connectivity index (χ1) is 12.2. The van der Waals surface area contributed by atoms with Gasteiger partial charge in [-0.25, -0.2) is 0 Å². The molecule has 0 bridgehead atoms. The van der Waals surface area contributed by atoms with Crippen LogP contribution in [0.4, 0.5) is 0 Å². The van der Waals surface area contributed by atoms with Gasteiger partial charge in [0, 0.05) is 6.42 Å². The quantitative estimate of drug-likeness (QED) is 0.572. The second-order valence-electron chi connectivity index (χ2n) is 6.05. The van der Waals surface area contributed by atoms with Crippen molar-refractivity contribution in [3.05, 3.63) is 71.8 Å². The van der Waals surface area contributed by atoms with Crippen LogP contribution in [0.2, 0.25) is 0 Å². The first-order valence-electron chi connectivity index (χ1n) is 8.36. The Kier molecular flexibility index (Phi) is 8.78. The van der Waals surface area contributed by atoms with Crippen molar-refractivity contribution in [3.63, 3.8) is 0 Å². The monoisotopic (exact) mass is 364 g/mol. The van der Waals surface area contributed by atoms with E-state index in [0.717, 1.165) is 11.1 Å². The second kappa shape index (κ2) is 10.8. The fourth-order valence-electron chi connectivity index (χ4n) is 2.80. The van der Waals surface area contributed by atoms with Crippen molar-refractivity contribution in [2.45, 2.75) is 37.9 Å². The van der Waals surface area contributed by atoms with E-state index >= 15 is 0 Å². The van der Waals surface area contributed by atoms with Crippen LogP contribution in [-0.4, -0.2) is 30.9 Å². The van der Waals surface area contributed by atoms with Crippen LogP contribution in [-0.2, 0) is 32.2 Å². The minimum atomic E-state index is -1.21. The van der Waals surface area contributed by atoms with Crippen molar-refractivity contribution in [3.8, 4) is 0 Å². The molecule has 0 N–H and O–H groups in total. The van der Waals surface area contributed by atoms with Gasteiger partial charge < -0.3 is 24.1 Å². The molecule has 2 aromatic rings. The van der Waals surface area contributed by atoms with Gasteiger partial charge >= 0.3 is 29.6 Å². The van der Waals surface area contributed by atoms with Crippen LogP contribution in [0, 0.1) is 0 Å². The summed E-state index contributed by atoms with van der Waals surface area (Å²) in [4.78, 5) is 11.1. The number of carboxylic acid groups (broad SMARTS) is 1. The Morgan fingerprint density at radius 3 is 1.92 bits per heavy atom. The molecule has 2 aromatic carbocycles. The average molecular weight is 364 g/mol. The molecule has 3 rings (SSSR count). The van der Waals surface area contributed by atoms with E-state index < -0.39 is 12.1 Å². The van der Waals surface area contributed by atoms with Gasteiger partial charge in [-0.15, -0.1) is 0 Å². The van der Waals surface area contributed by atoms with Gasteiger partial charge in [0.2, 0.25) is 0 Å². The first-order valence-corrected chi connectivity index (χ1v) is 8.36. The molecule has 0 spiro atoms. The Morgan fingerprint density at radius 2 is 1.42 bits per heavy atom. The summed E-state index contributed by atoms with van der Waals surface area (Å²) < 4.78 is 17.2. The fourth-order valence-corrected chi connectivity index (χ4v) is 2.80. The van der Waals surface area contributed by atoms with Crippen LogP contribution in [0.1, 0.15) is 17.5 Å². The minimum Gasteiger partial charge on any atom is -0.547 e. The van der Waals surface area contributed by atoms with Gasteiger partial charge in [0.1, 0.15) is 6.10 Å². The molecular formula is C20H21NaO5. The number of hydrogen-bond acceptors (Lipinski definition) is 5. The maximum Gasteiger partial charge on any atom is 1.00 e. The molecule has 0 amide bonds. The topological polar surface area (TPSA) is 67.8 Å². The van der Waals surface area contributed by atoms with Crippen LogP contribution < -0.4 is 34.7 Å². The maximum atomic E-state index is 11.1. The van der Waals surface area contributed by atoms with E-state index in [2.05, 4.69) is 0 Å². The predicted octanol–water partition coefficient (Wildman–Crippen LogP) is -1.30. The van der Waals surface area contributed by atoms with Gasteiger partial charge in [-0.2, -0.15) is 0 Å². The molecular weight excluding hydrogens is 343 g/mol. The van der Waals surface area contributed by atoms with Gasteiger partial charge in [-0.1, -0.05) is 60.7 Å². The first kappa shape index (κ1) is 21.1. The van der Waals surface area contributed by atoms with Gasteiger partial charge in [0.15, 0.2) is 0 Å². The maximum absolute atomic E-state index is 11.1. The van der Waals surface area contributed by atoms with Crippen molar-refractivity contribution in [1.29, 1.82) is 0 Å². The van der Waals surface area contributed by atoms with Crippen molar-refractivity contribution < 1.29 is 53.7 Å². The molecule has 5 nitrogen and oxygen atoms in total. The van der Waals surface area contributed by atoms with E-state index in [1.807, 2.05) is 60.7 Å². The number of carboxylic acids is 1. The Morgan fingerprint density at radius 1 is 0.923 bits per heavy atom. The van der Waals surface area contributed by atoms with E-state index in [4.69, 9.17) is 14.2 Å². The molecule has 1 aliphatic rings. The van der Waals surface area contributed by atoms with Crippen molar-refractivity contribution in [1.82, 2.24) is 0 Å². The largest absolute Gasteiger partial charge is 1.00 e. The zero-order valence-electron chi connectivity index (χ0n) is 14.9. The van der Waals surface area contributed by atoms with Gasteiger partial charge in [-0.3, -0.25) is 0 Å². The number of benzene rings is 2. The van der Waals surface area contributed by atoms with E-state index in [1.54, 1.807) is 0 Å². The summed E-state index contributed by atoms with van der Waals surface area (Å²) >= 11 is 0. The van der Waals surface area contributed by atoms with E-state index in [9.17, 15) is 9.90 Å². The number of hydrogen-bond donors (Lipinski definition) is 0. The summed E-state index contributed by atoms with van der Waals surface area (Å²) in [6.07, 6.45) is -1.42. The van der Waals surface area contributed by atoms with Gasteiger partial charge in [0.25, 0.3) is 0 Å². The molecule has 1 aliphatic heterocycles. The normalized spacial score (nSPS) is 22.4. The number of aliphatic carboxylic acids is 1. The standard InChI is InChI=1S/C20H22O5.Na/c21-20(22)18-11-17(23-12-15-7-3-1-4-8-15)19(14-25-18)24-13-16-9-5-2-6-10-16;/h1-10,17-19H,11-14H2,(H,21,22);/q;+1/p-1. The molecule has 1 fully saturated rings.